The van der Waals surface area contributed by atoms with Crippen molar-refractivity contribution in [2.75, 3.05) is 13.0 Å². The largest absolute Gasteiger partial charge is 0.483 e. The van der Waals surface area contributed by atoms with Crippen LogP contribution >= 0.6 is 11.6 Å². The Kier molecular flexibility index (Phi) is 4.78. The molecule has 1 atom stereocenters. The SMILES string of the molecule is CO/C(CCl)=N/S(=O)C(C)(C)C. The van der Waals surface area contributed by atoms with Gasteiger partial charge in [-0.3, -0.25) is 0 Å². The maximum Gasteiger partial charge on any atom is 0.212 e. The van der Waals surface area contributed by atoms with E-state index in [1.54, 1.807) is 0 Å². The van der Waals surface area contributed by atoms with Crippen LogP contribution in [-0.4, -0.2) is 27.8 Å². The molecule has 0 rings (SSSR count). The van der Waals surface area contributed by atoms with Crippen LogP contribution in [0.5, 0.6) is 0 Å². The van der Waals surface area contributed by atoms with Gasteiger partial charge in [-0.2, -0.15) is 4.40 Å². The van der Waals surface area contributed by atoms with Crippen LogP contribution in [0.3, 0.4) is 0 Å². The molecule has 0 fully saturated rings. The first-order valence-electron chi connectivity index (χ1n) is 3.51. The van der Waals surface area contributed by atoms with Gasteiger partial charge in [0.2, 0.25) is 5.90 Å². The summed E-state index contributed by atoms with van der Waals surface area (Å²) < 4.78 is 19.6. The average Bonchev–Trinajstić information content (AvgIpc) is 1.97. The van der Waals surface area contributed by atoms with E-state index in [9.17, 15) is 4.21 Å². The minimum atomic E-state index is -1.29. The van der Waals surface area contributed by atoms with Gasteiger partial charge >= 0.3 is 0 Å². The van der Waals surface area contributed by atoms with Crippen LogP contribution in [0.1, 0.15) is 20.8 Å². The van der Waals surface area contributed by atoms with Crippen molar-refractivity contribution in [3.8, 4) is 0 Å². The third kappa shape index (κ3) is 4.07. The minimum absolute atomic E-state index is 0.151. The van der Waals surface area contributed by atoms with Gasteiger partial charge in [-0.15, -0.1) is 11.6 Å². The summed E-state index contributed by atoms with van der Waals surface area (Å²) in [7, 11) is 0.171. The highest BCUT2D eigenvalue weighted by atomic mass is 35.5. The quantitative estimate of drug-likeness (QED) is 0.397. The number of hydrogen-bond donors (Lipinski definition) is 0. The Balaban J connectivity index is 4.42. The van der Waals surface area contributed by atoms with Crippen LogP contribution in [0.2, 0.25) is 0 Å². The molecule has 0 aliphatic carbocycles. The highest BCUT2D eigenvalue weighted by Crippen LogP contribution is 2.12. The first-order chi connectivity index (χ1) is 5.41. The van der Waals surface area contributed by atoms with Gasteiger partial charge < -0.3 is 4.74 Å². The van der Waals surface area contributed by atoms with Crippen LogP contribution in [0, 0.1) is 0 Å². The van der Waals surface area contributed by atoms with Gasteiger partial charge in [0.1, 0.15) is 11.0 Å². The number of ether oxygens (including phenoxy) is 1. The molecular weight excluding hydrogens is 198 g/mol. The first-order valence-corrected chi connectivity index (χ1v) is 5.15. The van der Waals surface area contributed by atoms with E-state index in [0.29, 0.717) is 5.90 Å². The summed E-state index contributed by atoms with van der Waals surface area (Å²) in [5.41, 5.74) is 0. The molecule has 0 N–H and O–H groups in total. The number of halogens is 1. The fraction of sp³-hybridized carbons (Fsp3) is 0.857. The Bertz CT molecular complexity index is 192. The third-order valence-electron chi connectivity index (χ3n) is 1.06. The van der Waals surface area contributed by atoms with E-state index >= 15 is 0 Å². The summed E-state index contributed by atoms with van der Waals surface area (Å²) >= 11 is 5.47. The molecule has 0 saturated carbocycles. The molecule has 1 unspecified atom stereocenters. The van der Waals surface area contributed by atoms with E-state index in [0.717, 1.165) is 0 Å². The second-order valence-electron chi connectivity index (χ2n) is 3.18. The second kappa shape index (κ2) is 4.82. The fourth-order valence-electron chi connectivity index (χ4n) is 0.346. The zero-order chi connectivity index (χ0) is 9.78. The molecule has 0 aromatic carbocycles. The molecular formula is C7H14ClNO2S. The van der Waals surface area contributed by atoms with Crippen molar-refractivity contribution in [2.45, 2.75) is 25.5 Å². The lowest BCUT2D eigenvalue weighted by atomic mass is 10.3. The van der Waals surface area contributed by atoms with Crippen LogP contribution in [0.25, 0.3) is 0 Å². The van der Waals surface area contributed by atoms with Crippen molar-refractivity contribution in [1.29, 1.82) is 0 Å². The molecule has 0 heterocycles. The van der Waals surface area contributed by atoms with E-state index in [2.05, 4.69) is 4.40 Å². The van der Waals surface area contributed by atoms with Crippen LogP contribution in [-0.2, 0) is 15.7 Å². The molecule has 0 amide bonds. The molecule has 0 aliphatic rings. The first kappa shape index (κ1) is 11.9. The lowest BCUT2D eigenvalue weighted by Gasteiger charge is -2.13. The Hall–Kier alpha value is -0.0900. The van der Waals surface area contributed by atoms with Crippen molar-refractivity contribution in [3.05, 3.63) is 0 Å². The van der Waals surface area contributed by atoms with Crippen molar-refractivity contribution in [2.24, 2.45) is 4.40 Å². The predicted octanol–water partition coefficient (Wildman–Crippen LogP) is 1.73. The van der Waals surface area contributed by atoms with E-state index in [1.165, 1.54) is 7.11 Å². The highest BCUT2D eigenvalue weighted by molar-refractivity contribution is 7.85. The monoisotopic (exact) mass is 211 g/mol. The topological polar surface area (TPSA) is 38.7 Å². The molecule has 0 saturated heterocycles. The fourth-order valence-corrected chi connectivity index (χ4v) is 1.18. The summed E-state index contributed by atoms with van der Waals surface area (Å²) in [5, 5.41) is 0. The average molecular weight is 212 g/mol. The van der Waals surface area contributed by atoms with Crippen molar-refractivity contribution >= 4 is 28.5 Å². The molecule has 0 bridgehead atoms. The predicted molar refractivity (Wildman–Crippen MR) is 53.1 cm³/mol. The molecule has 72 valence electrons. The molecule has 0 aliphatic heterocycles. The van der Waals surface area contributed by atoms with Crippen molar-refractivity contribution < 1.29 is 8.95 Å². The van der Waals surface area contributed by atoms with E-state index < -0.39 is 11.0 Å². The Labute approximate surface area is 80.8 Å². The number of methoxy groups -OCH3 is 1. The number of alkyl halides is 1. The third-order valence-corrected chi connectivity index (χ3v) is 2.70. The smallest absolute Gasteiger partial charge is 0.212 e. The molecule has 0 aromatic rings. The minimum Gasteiger partial charge on any atom is -0.483 e. The standard InChI is InChI=1S/C7H14ClNO2S/c1-7(2,3)12(10)9-6(5-8)11-4/h5H2,1-4H3/b9-6+. The zero-order valence-corrected chi connectivity index (χ0v) is 9.33. The van der Waals surface area contributed by atoms with Crippen LogP contribution in [0.4, 0.5) is 0 Å². The lowest BCUT2D eigenvalue weighted by Crippen LogP contribution is -2.21. The van der Waals surface area contributed by atoms with Crippen LogP contribution < -0.4 is 0 Å². The Morgan fingerprint density at radius 2 is 2.08 bits per heavy atom. The summed E-state index contributed by atoms with van der Waals surface area (Å²) in [6, 6.07) is 0. The Morgan fingerprint density at radius 1 is 1.58 bits per heavy atom. The highest BCUT2D eigenvalue weighted by Gasteiger charge is 2.19. The number of nitrogens with zero attached hydrogens (tertiary/aromatic N) is 1. The summed E-state index contributed by atoms with van der Waals surface area (Å²) in [6.07, 6.45) is 0. The van der Waals surface area contributed by atoms with Gasteiger partial charge in [-0.05, 0) is 20.8 Å². The molecule has 5 heteroatoms. The van der Waals surface area contributed by atoms with Crippen molar-refractivity contribution in [1.82, 2.24) is 0 Å². The van der Waals surface area contributed by atoms with E-state index in [1.807, 2.05) is 20.8 Å². The van der Waals surface area contributed by atoms with Gasteiger partial charge in [-0.25, -0.2) is 4.21 Å². The maximum absolute atomic E-state index is 11.4. The summed E-state index contributed by atoms with van der Waals surface area (Å²) in [6.45, 7) is 5.52. The summed E-state index contributed by atoms with van der Waals surface area (Å²) in [4.78, 5) is 0. The zero-order valence-electron chi connectivity index (χ0n) is 7.76. The molecule has 3 nitrogen and oxygen atoms in total. The normalized spacial score (nSPS) is 15.9. The lowest BCUT2D eigenvalue weighted by molar-refractivity contribution is 0.402. The van der Waals surface area contributed by atoms with Gasteiger partial charge in [-0.1, -0.05) is 0 Å². The second-order valence-corrected chi connectivity index (χ2v) is 5.36. The van der Waals surface area contributed by atoms with Gasteiger partial charge in [0.05, 0.1) is 17.7 Å². The van der Waals surface area contributed by atoms with Crippen molar-refractivity contribution in [3.63, 3.8) is 0 Å². The molecule has 0 spiro atoms. The molecule has 0 radical (unpaired) electrons. The van der Waals surface area contributed by atoms with Gasteiger partial charge in [0.25, 0.3) is 0 Å². The van der Waals surface area contributed by atoms with E-state index in [-0.39, 0.29) is 10.6 Å². The van der Waals surface area contributed by atoms with Gasteiger partial charge in [0.15, 0.2) is 0 Å². The summed E-state index contributed by atoms with van der Waals surface area (Å²) in [5.74, 6) is 0.461. The maximum atomic E-state index is 11.4. The van der Waals surface area contributed by atoms with E-state index in [4.69, 9.17) is 16.3 Å². The Morgan fingerprint density at radius 3 is 2.33 bits per heavy atom. The van der Waals surface area contributed by atoms with Crippen LogP contribution in [0.15, 0.2) is 4.40 Å². The molecule has 12 heavy (non-hydrogen) atoms. The number of rotatable bonds is 2. The number of hydrogen-bond acceptors (Lipinski definition) is 2. The van der Waals surface area contributed by atoms with Gasteiger partial charge in [0, 0.05) is 0 Å². The molecule has 0 aromatic heterocycles.